The Bertz CT molecular complexity index is 1150. The first-order valence-electron chi connectivity index (χ1n) is 9.11. The summed E-state index contributed by atoms with van der Waals surface area (Å²) in [6.07, 6.45) is 5.49. The number of ether oxygens (including phenoxy) is 1. The van der Waals surface area contributed by atoms with E-state index in [4.69, 9.17) is 4.74 Å². The van der Waals surface area contributed by atoms with E-state index >= 15 is 0 Å². The molecule has 154 valence electrons. The monoisotopic (exact) mass is 419 g/mol. The molecule has 29 heavy (non-hydrogen) atoms. The largest absolute Gasteiger partial charge is 0.480 e. The number of hydrogen-bond donors (Lipinski definition) is 1. The summed E-state index contributed by atoms with van der Waals surface area (Å²) >= 11 is 0. The zero-order valence-electron chi connectivity index (χ0n) is 16.1. The number of carbonyl (C=O) groups is 1. The molecule has 4 heterocycles. The van der Waals surface area contributed by atoms with Crippen LogP contribution in [0.25, 0.3) is 0 Å². The summed E-state index contributed by atoms with van der Waals surface area (Å²) in [7, 11) is -1.87. The van der Waals surface area contributed by atoms with Gasteiger partial charge in [0.2, 0.25) is 15.9 Å². The van der Waals surface area contributed by atoms with E-state index in [0.717, 1.165) is 0 Å². The summed E-state index contributed by atoms with van der Waals surface area (Å²) in [4.78, 5) is 33.5. The third-order valence-corrected chi connectivity index (χ3v) is 6.80. The fourth-order valence-electron chi connectivity index (χ4n) is 4.03. The fourth-order valence-corrected chi connectivity index (χ4v) is 4.94. The number of methoxy groups -OCH3 is 1. The Hall–Kier alpha value is -2.79. The Kier molecular flexibility index (Phi) is 4.66. The molecule has 0 bridgehead atoms. The SMILES string of the molecule is COc1ncccc1NC(=O)c1cn2c(nc1=O)[C@@]1(CCN(S(C)(=O)=O)C1)CC2. The van der Waals surface area contributed by atoms with Crippen molar-refractivity contribution in [2.75, 3.05) is 31.8 Å². The number of nitrogens with zero attached hydrogens (tertiary/aromatic N) is 4. The zero-order chi connectivity index (χ0) is 20.8. The van der Waals surface area contributed by atoms with Crippen LogP contribution < -0.4 is 15.6 Å². The van der Waals surface area contributed by atoms with Crippen molar-refractivity contribution in [2.45, 2.75) is 24.8 Å². The van der Waals surface area contributed by atoms with Crippen LogP contribution >= 0.6 is 0 Å². The van der Waals surface area contributed by atoms with E-state index < -0.39 is 26.9 Å². The molecule has 2 aromatic heterocycles. The van der Waals surface area contributed by atoms with Gasteiger partial charge < -0.3 is 14.6 Å². The van der Waals surface area contributed by atoms with Crippen LogP contribution in [0.2, 0.25) is 0 Å². The maximum absolute atomic E-state index is 12.7. The number of anilines is 1. The normalized spacial score (nSPS) is 21.3. The molecule has 0 radical (unpaired) electrons. The number of sulfonamides is 1. The predicted molar refractivity (Wildman–Crippen MR) is 105 cm³/mol. The van der Waals surface area contributed by atoms with E-state index in [1.807, 2.05) is 0 Å². The maximum Gasteiger partial charge on any atom is 0.285 e. The van der Waals surface area contributed by atoms with Gasteiger partial charge in [-0.1, -0.05) is 0 Å². The summed E-state index contributed by atoms with van der Waals surface area (Å²) in [5.74, 6) is 0.180. The Morgan fingerprint density at radius 1 is 1.31 bits per heavy atom. The molecule has 1 atom stereocenters. The van der Waals surface area contributed by atoms with Crippen molar-refractivity contribution < 1.29 is 17.9 Å². The quantitative estimate of drug-likeness (QED) is 0.751. The van der Waals surface area contributed by atoms with E-state index in [1.165, 1.54) is 30.1 Å². The number of nitrogens with one attached hydrogen (secondary N) is 1. The van der Waals surface area contributed by atoms with Gasteiger partial charge in [0, 0.05) is 37.4 Å². The van der Waals surface area contributed by atoms with Crippen LogP contribution in [-0.2, 0) is 22.0 Å². The fraction of sp³-hybridized carbons (Fsp3) is 0.444. The van der Waals surface area contributed by atoms with Gasteiger partial charge in [0.15, 0.2) is 0 Å². The van der Waals surface area contributed by atoms with Crippen LogP contribution in [0.4, 0.5) is 5.69 Å². The van der Waals surface area contributed by atoms with Gasteiger partial charge in [-0.2, -0.15) is 4.98 Å². The van der Waals surface area contributed by atoms with Crippen LogP contribution in [0.1, 0.15) is 29.0 Å². The molecular weight excluding hydrogens is 398 g/mol. The first-order chi connectivity index (χ1) is 13.7. The van der Waals surface area contributed by atoms with Crippen LogP contribution in [0.5, 0.6) is 5.88 Å². The van der Waals surface area contributed by atoms with Crippen molar-refractivity contribution in [2.24, 2.45) is 0 Å². The maximum atomic E-state index is 12.7. The van der Waals surface area contributed by atoms with Gasteiger partial charge in [-0.3, -0.25) is 9.59 Å². The molecule has 0 saturated carbocycles. The molecule has 2 aromatic rings. The van der Waals surface area contributed by atoms with Crippen molar-refractivity contribution in [3.8, 4) is 5.88 Å². The molecule has 10 nitrogen and oxygen atoms in total. The Morgan fingerprint density at radius 3 is 2.76 bits per heavy atom. The summed E-state index contributed by atoms with van der Waals surface area (Å²) in [5.41, 5.74) is -0.865. The van der Waals surface area contributed by atoms with E-state index in [1.54, 1.807) is 16.7 Å². The second kappa shape index (κ2) is 6.92. The Balaban J connectivity index is 1.63. The van der Waals surface area contributed by atoms with Gasteiger partial charge in [-0.05, 0) is 25.0 Å². The summed E-state index contributed by atoms with van der Waals surface area (Å²) in [5, 5.41) is 2.63. The minimum atomic E-state index is -3.31. The van der Waals surface area contributed by atoms with Gasteiger partial charge in [0.1, 0.15) is 17.1 Å². The number of pyridine rings is 1. The molecule has 1 amide bonds. The minimum Gasteiger partial charge on any atom is -0.480 e. The molecular formula is C18H21N5O5S. The van der Waals surface area contributed by atoms with Crippen molar-refractivity contribution in [1.82, 2.24) is 18.8 Å². The highest BCUT2D eigenvalue weighted by Crippen LogP contribution is 2.41. The smallest absolute Gasteiger partial charge is 0.285 e. The number of aromatic nitrogens is 3. The van der Waals surface area contributed by atoms with Crippen LogP contribution in [0.15, 0.2) is 29.3 Å². The highest BCUT2D eigenvalue weighted by molar-refractivity contribution is 7.88. The van der Waals surface area contributed by atoms with Crippen LogP contribution in [0.3, 0.4) is 0 Å². The Morgan fingerprint density at radius 2 is 2.07 bits per heavy atom. The summed E-state index contributed by atoms with van der Waals surface area (Å²) < 4.78 is 32.1. The highest BCUT2D eigenvalue weighted by atomic mass is 32.2. The summed E-state index contributed by atoms with van der Waals surface area (Å²) in [6, 6.07) is 3.26. The number of amides is 1. The number of carbonyl (C=O) groups excluding carboxylic acids is 1. The molecule has 0 aromatic carbocycles. The van der Waals surface area contributed by atoms with Crippen molar-refractivity contribution >= 4 is 21.6 Å². The standard InChI is InChI=1S/C18H21N5O5S/c1-28-16-13(4-3-7-19-16)20-14(24)12-10-22-8-5-18(17(22)21-15(12)25)6-9-23(11-18)29(2,26)27/h3-4,7,10H,5-6,8-9,11H2,1-2H3,(H,20,24)/t18-/m1/s1. The molecule has 0 unspecified atom stereocenters. The summed E-state index contributed by atoms with van der Waals surface area (Å²) in [6.45, 7) is 1.27. The molecule has 1 N–H and O–H groups in total. The molecule has 1 spiro atoms. The van der Waals surface area contributed by atoms with E-state index in [0.29, 0.717) is 44.0 Å². The number of aryl methyl sites for hydroxylation is 1. The van der Waals surface area contributed by atoms with Crippen LogP contribution in [-0.4, -0.2) is 59.6 Å². The third kappa shape index (κ3) is 3.40. The van der Waals surface area contributed by atoms with Crippen molar-refractivity contribution in [3.05, 3.63) is 46.3 Å². The second-order valence-electron chi connectivity index (χ2n) is 7.37. The average molecular weight is 419 g/mol. The van der Waals surface area contributed by atoms with E-state index in [-0.39, 0.29) is 11.4 Å². The Labute approximate surface area is 167 Å². The first kappa shape index (κ1) is 19.5. The van der Waals surface area contributed by atoms with Gasteiger partial charge in [-0.15, -0.1) is 0 Å². The lowest BCUT2D eigenvalue weighted by atomic mass is 9.85. The lowest BCUT2D eigenvalue weighted by Gasteiger charge is -2.22. The average Bonchev–Trinajstić information content (AvgIpc) is 3.27. The highest BCUT2D eigenvalue weighted by Gasteiger charge is 2.48. The molecule has 2 aliphatic rings. The first-order valence-corrected chi connectivity index (χ1v) is 11.0. The molecule has 4 rings (SSSR count). The molecule has 0 aliphatic carbocycles. The number of rotatable bonds is 4. The van der Waals surface area contributed by atoms with Crippen LogP contribution in [0, 0.1) is 0 Å². The lowest BCUT2D eigenvalue weighted by molar-refractivity contribution is 0.102. The van der Waals surface area contributed by atoms with E-state index in [2.05, 4.69) is 15.3 Å². The molecule has 2 aliphatic heterocycles. The van der Waals surface area contributed by atoms with Crippen molar-refractivity contribution in [1.29, 1.82) is 0 Å². The van der Waals surface area contributed by atoms with Gasteiger partial charge in [-0.25, -0.2) is 17.7 Å². The molecule has 11 heteroatoms. The zero-order valence-corrected chi connectivity index (χ0v) is 16.9. The number of fused-ring (bicyclic) bond motifs is 2. The topological polar surface area (TPSA) is 123 Å². The predicted octanol–water partition coefficient (Wildman–Crippen LogP) is 0.206. The minimum absolute atomic E-state index is 0.0883. The second-order valence-corrected chi connectivity index (χ2v) is 9.35. The van der Waals surface area contributed by atoms with Gasteiger partial charge >= 0.3 is 0 Å². The molecule has 1 saturated heterocycles. The number of hydrogen-bond acceptors (Lipinski definition) is 7. The van der Waals surface area contributed by atoms with Gasteiger partial charge in [0.25, 0.3) is 11.5 Å². The van der Waals surface area contributed by atoms with Crippen molar-refractivity contribution in [3.63, 3.8) is 0 Å². The third-order valence-electron chi connectivity index (χ3n) is 5.55. The van der Waals surface area contributed by atoms with E-state index in [9.17, 15) is 18.0 Å². The van der Waals surface area contributed by atoms with Gasteiger partial charge in [0.05, 0.1) is 13.4 Å². The lowest BCUT2D eigenvalue weighted by Crippen LogP contribution is -2.35. The molecule has 1 fully saturated rings.